The molecule has 1 N–H and O–H groups in total. The molecule has 0 spiro atoms. The van der Waals surface area contributed by atoms with Gasteiger partial charge in [-0.1, -0.05) is 0 Å². The molecule has 0 radical (unpaired) electrons. The van der Waals surface area contributed by atoms with E-state index in [1.165, 1.54) is 4.68 Å². The Kier molecular flexibility index (Phi) is 3.19. The van der Waals surface area contributed by atoms with Gasteiger partial charge < -0.3 is 5.32 Å². The van der Waals surface area contributed by atoms with Crippen LogP contribution in [-0.2, 0) is 7.05 Å². The first-order chi connectivity index (χ1) is 9.63. The molecular weight excluding hydrogens is 322 g/mol. The quantitative estimate of drug-likeness (QED) is 0.782. The van der Waals surface area contributed by atoms with Crippen LogP contribution in [0.15, 0.2) is 41.1 Å². The van der Waals surface area contributed by atoms with Crippen molar-refractivity contribution in [3.8, 4) is 0 Å². The van der Waals surface area contributed by atoms with Gasteiger partial charge in [-0.3, -0.25) is 9.48 Å². The molecule has 1 amide bonds. The summed E-state index contributed by atoms with van der Waals surface area (Å²) < 4.78 is 2.11. The molecule has 0 saturated heterocycles. The van der Waals surface area contributed by atoms with Gasteiger partial charge >= 0.3 is 0 Å². The molecule has 7 heteroatoms. The van der Waals surface area contributed by atoms with Crippen LogP contribution in [0.3, 0.4) is 0 Å². The largest absolute Gasteiger partial charge is 0.305 e. The normalized spacial score (nSPS) is 10.7. The van der Waals surface area contributed by atoms with Crippen molar-refractivity contribution in [3.63, 3.8) is 0 Å². The van der Waals surface area contributed by atoms with Gasteiger partial charge in [0.05, 0.1) is 0 Å². The van der Waals surface area contributed by atoms with Crippen LogP contribution in [-0.4, -0.2) is 25.7 Å². The van der Waals surface area contributed by atoms with Crippen LogP contribution in [0.4, 0.5) is 5.82 Å². The van der Waals surface area contributed by atoms with E-state index in [-0.39, 0.29) is 5.91 Å². The van der Waals surface area contributed by atoms with Gasteiger partial charge in [0.1, 0.15) is 16.1 Å². The molecule has 0 aliphatic rings. The Labute approximate surface area is 123 Å². The predicted molar refractivity (Wildman–Crippen MR) is 78.4 cm³/mol. The summed E-state index contributed by atoms with van der Waals surface area (Å²) in [4.78, 5) is 20.6. The highest BCUT2D eigenvalue weighted by molar-refractivity contribution is 9.10. The smallest absolute Gasteiger partial charge is 0.275 e. The SMILES string of the molecule is Cn1nc(Br)cc1C(=O)Nc1ccc2cccnc2n1. The number of anilines is 1. The Hall–Kier alpha value is -2.28. The lowest BCUT2D eigenvalue weighted by molar-refractivity contribution is 0.101. The van der Waals surface area contributed by atoms with Crippen LogP contribution >= 0.6 is 15.9 Å². The number of halogens is 1. The second-order valence-electron chi connectivity index (χ2n) is 4.18. The number of aromatic nitrogens is 4. The number of amides is 1. The zero-order valence-electron chi connectivity index (χ0n) is 10.5. The van der Waals surface area contributed by atoms with Gasteiger partial charge in [0, 0.05) is 24.7 Å². The fraction of sp³-hybridized carbons (Fsp3) is 0.0769. The maximum absolute atomic E-state index is 12.1. The number of hydrogen-bond donors (Lipinski definition) is 1. The molecule has 3 rings (SSSR count). The van der Waals surface area contributed by atoms with Crippen LogP contribution in [0.1, 0.15) is 10.5 Å². The fourth-order valence-electron chi connectivity index (χ4n) is 1.85. The minimum atomic E-state index is -0.270. The zero-order valence-corrected chi connectivity index (χ0v) is 12.1. The third kappa shape index (κ3) is 2.39. The standard InChI is InChI=1S/C13H10BrN5O/c1-19-9(7-10(14)18-19)13(20)17-11-5-4-8-3-2-6-15-12(8)16-11/h2-7H,1H3,(H,15,16,17,20). The molecule has 0 bridgehead atoms. The van der Waals surface area contributed by atoms with E-state index in [0.29, 0.717) is 21.8 Å². The molecule has 100 valence electrons. The first-order valence-corrected chi connectivity index (χ1v) is 6.65. The molecule has 3 aromatic rings. The lowest BCUT2D eigenvalue weighted by Crippen LogP contribution is -2.16. The number of pyridine rings is 2. The Bertz CT molecular complexity index is 798. The van der Waals surface area contributed by atoms with E-state index in [9.17, 15) is 4.79 Å². The fourth-order valence-corrected chi connectivity index (χ4v) is 2.30. The molecule has 6 nitrogen and oxygen atoms in total. The minimum Gasteiger partial charge on any atom is -0.305 e. The van der Waals surface area contributed by atoms with Gasteiger partial charge in [-0.15, -0.1) is 0 Å². The van der Waals surface area contributed by atoms with Gasteiger partial charge in [0.2, 0.25) is 0 Å². The van der Waals surface area contributed by atoms with Gasteiger partial charge in [0.15, 0.2) is 5.65 Å². The number of fused-ring (bicyclic) bond motifs is 1. The van der Waals surface area contributed by atoms with E-state index in [4.69, 9.17) is 0 Å². The van der Waals surface area contributed by atoms with Crippen molar-refractivity contribution in [2.24, 2.45) is 7.05 Å². The molecule has 3 heterocycles. The predicted octanol–water partition coefficient (Wildman–Crippen LogP) is 2.38. The Morgan fingerprint density at radius 1 is 1.35 bits per heavy atom. The maximum atomic E-state index is 12.1. The zero-order chi connectivity index (χ0) is 14.1. The first kappa shape index (κ1) is 12.7. The molecule has 3 aromatic heterocycles. The summed E-state index contributed by atoms with van der Waals surface area (Å²) in [5, 5.41) is 7.72. The van der Waals surface area contributed by atoms with Crippen LogP contribution in [0.25, 0.3) is 11.0 Å². The summed E-state index contributed by atoms with van der Waals surface area (Å²) in [5.41, 5.74) is 1.04. The van der Waals surface area contributed by atoms with Crippen molar-refractivity contribution in [2.75, 3.05) is 5.32 Å². The molecule has 0 saturated carbocycles. The second kappa shape index (κ2) is 5.01. The molecule has 0 atom stereocenters. The van der Waals surface area contributed by atoms with Crippen LogP contribution < -0.4 is 5.32 Å². The van der Waals surface area contributed by atoms with Crippen molar-refractivity contribution in [1.82, 2.24) is 19.7 Å². The van der Waals surface area contributed by atoms with E-state index in [2.05, 4.69) is 36.3 Å². The van der Waals surface area contributed by atoms with Crippen molar-refractivity contribution in [3.05, 3.63) is 46.8 Å². The highest BCUT2D eigenvalue weighted by atomic mass is 79.9. The summed E-state index contributed by atoms with van der Waals surface area (Å²) >= 11 is 3.23. The van der Waals surface area contributed by atoms with Gasteiger partial charge in [-0.2, -0.15) is 5.10 Å². The molecule has 20 heavy (non-hydrogen) atoms. The summed E-state index contributed by atoms with van der Waals surface area (Å²) in [6.07, 6.45) is 1.67. The summed E-state index contributed by atoms with van der Waals surface area (Å²) in [5.74, 6) is 0.187. The third-order valence-corrected chi connectivity index (χ3v) is 3.18. The van der Waals surface area contributed by atoms with E-state index in [0.717, 1.165) is 5.39 Å². The number of hydrogen-bond acceptors (Lipinski definition) is 4. The molecule has 0 aliphatic heterocycles. The minimum absolute atomic E-state index is 0.270. The molecule has 0 aliphatic carbocycles. The number of aryl methyl sites for hydroxylation is 1. The van der Waals surface area contributed by atoms with Crippen LogP contribution in [0, 0.1) is 0 Å². The lowest BCUT2D eigenvalue weighted by atomic mass is 10.3. The average Bonchev–Trinajstić information content (AvgIpc) is 2.78. The highest BCUT2D eigenvalue weighted by Crippen LogP contribution is 2.14. The van der Waals surface area contributed by atoms with Gasteiger partial charge in [-0.05, 0) is 40.2 Å². The lowest BCUT2D eigenvalue weighted by Gasteiger charge is -2.05. The molecule has 0 unspecified atom stereocenters. The van der Waals surface area contributed by atoms with Crippen molar-refractivity contribution in [2.45, 2.75) is 0 Å². The van der Waals surface area contributed by atoms with E-state index >= 15 is 0 Å². The van der Waals surface area contributed by atoms with Crippen LogP contribution in [0.5, 0.6) is 0 Å². The van der Waals surface area contributed by atoms with Gasteiger partial charge in [0.25, 0.3) is 5.91 Å². The number of carbonyl (C=O) groups excluding carboxylic acids is 1. The molecule has 0 fully saturated rings. The number of carbonyl (C=O) groups is 1. The number of nitrogens with zero attached hydrogens (tertiary/aromatic N) is 4. The average molecular weight is 332 g/mol. The van der Waals surface area contributed by atoms with E-state index in [1.54, 1.807) is 25.4 Å². The highest BCUT2D eigenvalue weighted by Gasteiger charge is 2.13. The monoisotopic (exact) mass is 331 g/mol. The van der Waals surface area contributed by atoms with Crippen molar-refractivity contribution in [1.29, 1.82) is 0 Å². The Morgan fingerprint density at radius 3 is 2.95 bits per heavy atom. The summed E-state index contributed by atoms with van der Waals surface area (Å²) in [7, 11) is 1.70. The first-order valence-electron chi connectivity index (χ1n) is 5.86. The molecular formula is C13H10BrN5O. The Balaban J connectivity index is 1.89. The van der Waals surface area contributed by atoms with E-state index < -0.39 is 0 Å². The number of rotatable bonds is 2. The maximum Gasteiger partial charge on any atom is 0.275 e. The van der Waals surface area contributed by atoms with Crippen LogP contribution in [0.2, 0.25) is 0 Å². The van der Waals surface area contributed by atoms with E-state index in [1.807, 2.05) is 18.2 Å². The second-order valence-corrected chi connectivity index (χ2v) is 4.99. The molecule has 0 aromatic carbocycles. The number of nitrogens with one attached hydrogen (secondary N) is 1. The summed E-state index contributed by atoms with van der Waals surface area (Å²) in [6, 6.07) is 9.01. The third-order valence-electron chi connectivity index (χ3n) is 2.79. The van der Waals surface area contributed by atoms with Crippen molar-refractivity contribution >= 4 is 38.7 Å². The summed E-state index contributed by atoms with van der Waals surface area (Å²) in [6.45, 7) is 0. The topological polar surface area (TPSA) is 72.7 Å². The van der Waals surface area contributed by atoms with Gasteiger partial charge in [-0.25, -0.2) is 9.97 Å². The Morgan fingerprint density at radius 2 is 2.20 bits per heavy atom. The van der Waals surface area contributed by atoms with Crippen molar-refractivity contribution < 1.29 is 4.79 Å².